The molecule has 12 heteroatoms. The Kier molecular flexibility index (Phi) is 9.64. The number of halogens is 4. The molecule has 0 fully saturated rings. The second-order valence-electron chi connectivity index (χ2n) is 9.63. The number of carbonyl (C=O) groups is 2. The summed E-state index contributed by atoms with van der Waals surface area (Å²) in [5, 5.41) is 3.29. The summed E-state index contributed by atoms with van der Waals surface area (Å²) in [6.45, 7) is 6.20. The third-order valence-corrected chi connectivity index (χ3v) is 6.68. The van der Waals surface area contributed by atoms with Crippen molar-refractivity contribution in [3.05, 3.63) is 64.7 Å². The molecule has 0 heterocycles. The minimum absolute atomic E-state index is 0.0493. The summed E-state index contributed by atoms with van der Waals surface area (Å²) in [5.74, 6) is -1.20. The van der Waals surface area contributed by atoms with E-state index in [2.05, 4.69) is 5.32 Å². The van der Waals surface area contributed by atoms with Gasteiger partial charge in [0.1, 0.15) is 12.6 Å². The van der Waals surface area contributed by atoms with Crippen molar-refractivity contribution in [3.63, 3.8) is 0 Å². The van der Waals surface area contributed by atoms with Gasteiger partial charge in [-0.15, -0.1) is 0 Å². The van der Waals surface area contributed by atoms with Crippen LogP contribution < -0.4 is 9.62 Å². The smallest absolute Gasteiger partial charge is 0.350 e. The predicted octanol–water partition coefficient (Wildman–Crippen LogP) is 4.85. The van der Waals surface area contributed by atoms with Crippen LogP contribution in [-0.2, 0) is 32.3 Å². The molecule has 0 bridgehead atoms. The van der Waals surface area contributed by atoms with Gasteiger partial charge in [-0.25, -0.2) is 8.42 Å². The molecule has 2 aromatic rings. The zero-order chi connectivity index (χ0) is 28.2. The van der Waals surface area contributed by atoms with E-state index in [4.69, 9.17) is 11.6 Å². The molecule has 0 spiro atoms. The van der Waals surface area contributed by atoms with Crippen molar-refractivity contribution in [2.45, 2.75) is 58.4 Å². The lowest BCUT2D eigenvalue weighted by Gasteiger charge is -2.34. The van der Waals surface area contributed by atoms with Gasteiger partial charge in [0, 0.05) is 17.1 Å². The Bertz CT molecular complexity index is 1210. The number of benzene rings is 2. The van der Waals surface area contributed by atoms with Gasteiger partial charge in [-0.3, -0.25) is 13.9 Å². The number of nitrogens with one attached hydrogen (secondary N) is 1. The summed E-state index contributed by atoms with van der Waals surface area (Å²) >= 11 is 5.96. The first-order valence-corrected chi connectivity index (χ1v) is 13.7. The molecule has 0 aliphatic rings. The van der Waals surface area contributed by atoms with E-state index in [1.165, 1.54) is 11.0 Å². The molecule has 7 nitrogen and oxygen atoms in total. The minimum atomic E-state index is -4.71. The highest BCUT2D eigenvalue weighted by Crippen LogP contribution is 2.32. The van der Waals surface area contributed by atoms with E-state index >= 15 is 0 Å². The number of hydrogen-bond donors (Lipinski definition) is 1. The molecule has 0 unspecified atom stereocenters. The number of anilines is 1. The second-order valence-corrected chi connectivity index (χ2v) is 12.0. The fourth-order valence-electron chi connectivity index (χ4n) is 3.61. The Balaban J connectivity index is 2.50. The molecule has 204 valence electrons. The van der Waals surface area contributed by atoms with Gasteiger partial charge in [-0.1, -0.05) is 36.7 Å². The molecule has 0 saturated carbocycles. The van der Waals surface area contributed by atoms with Crippen LogP contribution in [0.2, 0.25) is 5.02 Å². The molecule has 2 rings (SSSR count). The second kappa shape index (κ2) is 11.7. The molecule has 2 amide bonds. The van der Waals surface area contributed by atoms with Gasteiger partial charge in [0.15, 0.2) is 0 Å². The molecular weight excluding hydrogens is 531 g/mol. The molecule has 1 N–H and O–H groups in total. The number of hydrogen-bond acceptors (Lipinski definition) is 4. The van der Waals surface area contributed by atoms with Gasteiger partial charge in [0.05, 0.1) is 17.5 Å². The van der Waals surface area contributed by atoms with E-state index < -0.39 is 51.7 Å². The normalized spacial score (nSPS) is 13.1. The monoisotopic (exact) mass is 561 g/mol. The Labute approximate surface area is 220 Å². The van der Waals surface area contributed by atoms with Crippen molar-refractivity contribution in [2.75, 3.05) is 17.1 Å². The predicted molar refractivity (Wildman–Crippen MR) is 138 cm³/mol. The van der Waals surface area contributed by atoms with Crippen LogP contribution in [0.5, 0.6) is 0 Å². The van der Waals surface area contributed by atoms with Crippen LogP contribution >= 0.6 is 11.6 Å². The van der Waals surface area contributed by atoms with Crippen molar-refractivity contribution in [2.24, 2.45) is 0 Å². The maximum absolute atomic E-state index is 13.6. The summed E-state index contributed by atoms with van der Waals surface area (Å²) in [7, 11) is -4.17. The SMILES string of the molecule is CC[C@@H](C(=O)NC(C)(C)C)N(Cc1ccc(Cl)cc1)C(=O)CN(c1cccc(C(F)(F)F)c1)S(C)(=O)=O. The van der Waals surface area contributed by atoms with Crippen LogP contribution in [0.4, 0.5) is 18.9 Å². The largest absolute Gasteiger partial charge is 0.416 e. The number of alkyl halides is 3. The lowest BCUT2D eigenvalue weighted by Crippen LogP contribution is -2.55. The van der Waals surface area contributed by atoms with Gasteiger partial charge in [0.25, 0.3) is 0 Å². The van der Waals surface area contributed by atoms with E-state index in [-0.39, 0.29) is 18.7 Å². The first-order chi connectivity index (χ1) is 16.9. The molecule has 1 atom stereocenters. The molecule has 0 radical (unpaired) electrons. The van der Waals surface area contributed by atoms with Crippen LogP contribution in [0.3, 0.4) is 0 Å². The van der Waals surface area contributed by atoms with E-state index in [0.717, 1.165) is 18.4 Å². The van der Waals surface area contributed by atoms with Crippen LogP contribution in [0.25, 0.3) is 0 Å². The maximum atomic E-state index is 13.6. The zero-order valence-electron chi connectivity index (χ0n) is 21.3. The number of carbonyl (C=O) groups excluding carboxylic acids is 2. The van der Waals surface area contributed by atoms with Crippen molar-refractivity contribution in [3.8, 4) is 0 Å². The highest BCUT2D eigenvalue weighted by molar-refractivity contribution is 7.92. The lowest BCUT2D eigenvalue weighted by atomic mass is 10.1. The highest BCUT2D eigenvalue weighted by atomic mass is 35.5. The summed E-state index contributed by atoms with van der Waals surface area (Å²) < 4.78 is 65.6. The summed E-state index contributed by atoms with van der Waals surface area (Å²) in [6.07, 6.45) is -3.69. The van der Waals surface area contributed by atoms with Gasteiger partial charge in [0.2, 0.25) is 21.8 Å². The fraction of sp³-hybridized carbons (Fsp3) is 0.440. The molecule has 0 aliphatic heterocycles. The first-order valence-electron chi connectivity index (χ1n) is 11.4. The van der Waals surface area contributed by atoms with Crippen molar-refractivity contribution < 1.29 is 31.2 Å². The van der Waals surface area contributed by atoms with Gasteiger partial charge in [-0.2, -0.15) is 13.2 Å². The Morgan fingerprint density at radius 2 is 1.65 bits per heavy atom. The zero-order valence-corrected chi connectivity index (χ0v) is 22.8. The lowest BCUT2D eigenvalue weighted by molar-refractivity contribution is -0.141. The fourth-order valence-corrected chi connectivity index (χ4v) is 4.58. The third kappa shape index (κ3) is 8.92. The molecule has 0 aromatic heterocycles. The molecule has 37 heavy (non-hydrogen) atoms. The van der Waals surface area contributed by atoms with Gasteiger partial charge in [-0.05, 0) is 63.1 Å². The van der Waals surface area contributed by atoms with E-state index in [9.17, 15) is 31.2 Å². The number of nitrogens with zero attached hydrogens (tertiary/aromatic N) is 2. The average Bonchev–Trinajstić information content (AvgIpc) is 2.76. The maximum Gasteiger partial charge on any atom is 0.416 e. The Morgan fingerprint density at radius 1 is 1.05 bits per heavy atom. The highest BCUT2D eigenvalue weighted by Gasteiger charge is 2.35. The average molecular weight is 562 g/mol. The van der Waals surface area contributed by atoms with Crippen LogP contribution in [0.1, 0.15) is 45.2 Å². The standard InChI is InChI=1S/C25H31ClF3N3O4S/c1-6-21(23(34)30-24(2,3)4)31(15-17-10-12-19(26)13-11-17)22(33)16-32(37(5,35)36)20-9-7-8-18(14-20)25(27,28)29/h7-14,21H,6,15-16H2,1-5H3,(H,30,34)/t21-/m0/s1. The minimum Gasteiger partial charge on any atom is -0.350 e. The van der Waals surface area contributed by atoms with Crippen LogP contribution in [0, 0.1) is 0 Å². The van der Waals surface area contributed by atoms with Crippen LogP contribution in [-0.4, -0.2) is 49.5 Å². The topological polar surface area (TPSA) is 86.8 Å². The van der Waals surface area contributed by atoms with E-state index in [0.29, 0.717) is 21.0 Å². The quantitative estimate of drug-likeness (QED) is 0.474. The Morgan fingerprint density at radius 3 is 2.14 bits per heavy atom. The Hall–Kier alpha value is -2.79. The van der Waals surface area contributed by atoms with Gasteiger partial charge >= 0.3 is 6.18 Å². The molecule has 0 saturated heterocycles. The van der Waals surface area contributed by atoms with E-state index in [1.54, 1.807) is 52.0 Å². The molecular formula is C25H31ClF3N3O4S. The van der Waals surface area contributed by atoms with Crippen molar-refractivity contribution in [1.29, 1.82) is 0 Å². The van der Waals surface area contributed by atoms with Crippen molar-refractivity contribution in [1.82, 2.24) is 10.2 Å². The molecule has 0 aliphatic carbocycles. The van der Waals surface area contributed by atoms with E-state index in [1.807, 2.05) is 0 Å². The van der Waals surface area contributed by atoms with Crippen molar-refractivity contribution >= 4 is 39.1 Å². The number of rotatable bonds is 9. The summed E-state index contributed by atoms with van der Waals surface area (Å²) in [4.78, 5) is 27.9. The molecule has 2 aromatic carbocycles. The number of amides is 2. The summed E-state index contributed by atoms with van der Waals surface area (Å²) in [5.41, 5.74) is -1.34. The van der Waals surface area contributed by atoms with Crippen LogP contribution in [0.15, 0.2) is 48.5 Å². The van der Waals surface area contributed by atoms with Gasteiger partial charge < -0.3 is 10.2 Å². The summed E-state index contributed by atoms with van der Waals surface area (Å²) in [6, 6.07) is 9.31. The first kappa shape index (κ1) is 30.4. The number of sulfonamides is 1. The third-order valence-electron chi connectivity index (χ3n) is 5.29.